The summed E-state index contributed by atoms with van der Waals surface area (Å²) in [6, 6.07) is 0. The van der Waals surface area contributed by atoms with E-state index in [1.54, 1.807) is 0 Å². The predicted octanol–water partition coefficient (Wildman–Crippen LogP) is -2.58. The van der Waals surface area contributed by atoms with Crippen LogP contribution in [0.5, 0.6) is 0 Å². The van der Waals surface area contributed by atoms with Crippen LogP contribution in [-0.2, 0) is 4.74 Å². The molecule has 0 aromatic heterocycles. The Morgan fingerprint density at radius 2 is 1.70 bits per heavy atom. The zero-order valence-corrected chi connectivity index (χ0v) is 5.21. The van der Waals surface area contributed by atoms with Crippen LogP contribution in [0.3, 0.4) is 0 Å². The zero-order valence-electron chi connectivity index (χ0n) is 5.21. The molecule has 1 heterocycles. The number of aliphatic hydroxyl groups is 4. The van der Waals surface area contributed by atoms with E-state index in [0.717, 1.165) is 0 Å². The van der Waals surface area contributed by atoms with Crippen molar-refractivity contribution in [2.24, 2.45) is 0 Å². The van der Waals surface area contributed by atoms with Crippen molar-refractivity contribution in [1.82, 2.24) is 0 Å². The first-order valence-corrected chi connectivity index (χ1v) is 2.97. The first kappa shape index (κ1) is 7.90. The average Bonchev–Trinajstić information content (AvgIpc) is 2.17. The fourth-order valence-corrected chi connectivity index (χ4v) is 0.880. The lowest BCUT2D eigenvalue weighted by molar-refractivity contribution is -0.132. The maximum Gasteiger partial charge on any atom is 0.184 e. The van der Waals surface area contributed by atoms with E-state index < -0.39 is 31.2 Å². The molecule has 5 heteroatoms. The van der Waals surface area contributed by atoms with Crippen molar-refractivity contribution in [3.8, 4) is 0 Å². The van der Waals surface area contributed by atoms with Gasteiger partial charge in [0, 0.05) is 0 Å². The van der Waals surface area contributed by atoms with Gasteiger partial charge in [0.1, 0.15) is 18.3 Å². The molecule has 0 saturated carbocycles. The largest absolute Gasteiger partial charge is 0.394 e. The number of ether oxygens (including phenoxy) is 1. The predicted molar refractivity (Wildman–Crippen MR) is 30.0 cm³/mol. The fourth-order valence-electron chi connectivity index (χ4n) is 0.880. The van der Waals surface area contributed by atoms with Crippen molar-refractivity contribution in [3.63, 3.8) is 0 Å². The van der Waals surface area contributed by atoms with Gasteiger partial charge in [-0.1, -0.05) is 0 Å². The first-order valence-electron chi connectivity index (χ1n) is 2.97. The van der Waals surface area contributed by atoms with Crippen LogP contribution in [0.1, 0.15) is 0 Å². The lowest BCUT2D eigenvalue weighted by Crippen LogP contribution is -2.33. The molecular weight excluding hydrogens is 140 g/mol. The summed E-state index contributed by atoms with van der Waals surface area (Å²) in [7, 11) is 0. The van der Waals surface area contributed by atoms with E-state index in [1.165, 1.54) is 0 Å². The van der Waals surface area contributed by atoms with Crippen molar-refractivity contribution < 1.29 is 25.2 Å². The van der Waals surface area contributed by atoms with Gasteiger partial charge in [-0.05, 0) is 0 Å². The second kappa shape index (κ2) is 2.81. The lowest BCUT2D eigenvalue weighted by Gasteiger charge is -2.09. The second-order valence-corrected chi connectivity index (χ2v) is 2.23. The molecule has 0 aromatic carbocycles. The van der Waals surface area contributed by atoms with Gasteiger partial charge in [0.2, 0.25) is 0 Å². The van der Waals surface area contributed by atoms with Crippen LogP contribution >= 0.6 is 0 Å². The summed E-state index contributed by atoms with van der Waals surface area (Å²) in [5, 5.41) is 35.0. The van der Waals surface area contributed by atoms with Crippen LogP contribution in [0.2, 0.25) is 0 Å². The van der Waals surface area contributed by atoms with Crippen LogP contribution in [-0.4, -0.2) is 51.6 Å². The molecule has 4 N–H and O–H groups in total. The van der Waals surface area contributed by atoms with Crippen LogP contribution < -0.4 is 0 Å². The van der Waals surface area contributed by atoms with Gasteiger partial charge in [0.25, 0.3) is 0 Å². The quantitative estimate of drug-likeness (QED) is 0.329. The van der Waals surface area contributed by atoms with Gasteiger partial charge in [-0.3, -0.25) is 0 Å². The van der Waals surface area contributed by atoms with E-state index in [0.29, 0.717) is 0 Å². The Morgan fingerprint density at radius 3 is 1.90 bits per heavy atom. The van der Waals surface area contributed by atoms with Crippen molar-refractivity contribution in [2.75, 3.05) is 6.61 Å². The highest BCUT2D eigenvalue weighted by Gasteiger charge is 2.41. The van der Waals surface area contributed by atoms with Gasteiger partial charge in [-0.15, -0.1) is 0 Å². The number of hydrogen-bond donors (Lipinski definition) is 4. The van der Waals surface area contributed by atoms with Crippen molar-refractivity contribution in [1.29, 1.82) is 0 Å². The standard InChI is InChI=1S/C5H10O5/c6-1-2-3(7)4(8)5(9)10-2/h2-9H,1H2/t2?,3-,4-,5?/m0/s1. The highest BCUT2D eigenvalue weighted by atomic mass is 16.6. The lowest BCUT2D eigenvalue weighted by atomic mass is 10.1. The van der Waals surface area contributed by atoms with Gasteiger partial charge in [0.05, 0.1) is 6.61 Å². The smallest absolute Gasteiger partial charge is 0.184 e. The maximum atomic E-state index is 8.93. The minimum absolute atomic E-state index is 0.407. The SMILES string of the molecule is OCC1OC(O)[C@@H](O)[C@H]1O. The van der Waals surface area contributed by atoms with Crippen LogP contribution in [0.25, 0.3) is 0 Å². The van der Waals surface area contributed by atoms with E-state index in [4.69, 9.17) is 20.4 Å². The van der Waals surface area contributed by atoms with Gasteiger partial charge in [0.15, 0.2) is 6.29 Å². The molecule has 1 rings (SSSR count). The highest BCUT2D eigenvalue weighted by Crippen LogP contribution is 2.18. The van der Waals surface area contributed by atoms with Crippen LogP contribution in [0.4, 0.5) is 0 Å². The van der Waals surface area contributed by atoms with E-state index in [2.05, 4.69) is 4.74 Å². The molecule has 0 spiro atoms. The molecule has 10 heavy (non-hydrogen) atoms. The summed E-state index contributed by atoms with van der Waals surface area (Å²) < 4.78 is 4.54. The molecule has 0 aliphatic carbocycles. The third kappa shape index (κ3) is 1.14. The van der Waals surface area contributed by atoms with Gasteiger partial charge in [-0.25, -0.2) is 0 Å². The second-order valence-electron chi connectivity index (χ2n) is 2.23. The minimum Gasteiger partial charge on any atom is -0.394 e. The highest BCUT2D eigenvalue weighted by molar-refractivity contribution is 4.84. The summed E-state index contributed by atoms with van der Waals surface area (Å²) in [5.74, 6) is 0. The Bertz CT molecular complexity index is 117. The molecule has 1 aliphatic heterocycles. The summed E-state index contributed by atoms with van der Waals surface area (Å²) in [6.07, 6.45) is -4.76. The number of rotatable bonds is 1. The Hall–Kier alpha value is -0.200. The number of hydrogen-bond acceptors (Lipinski definition) is 5. The van der Waals surface area contributed by atoms with E-state index >= 15 is 0 Å². The monoisotopic (exact) mass is 150 g/mol. The molecule has 0 amide bonds. The van der Waals surface area contributed by atoms with E-state index in [9.17, 15) is 0 Å². The molecule has 0 bridgehead atoms. The molecular formula is C5H10O5. The zero-order chi connectivity index (χ0) is 7.72. The van der Waals surface area contributed by atoms with Gasteiger partial charge in [-0.2, -0.15) is 0 Å². The third-order valence-corrected chi connectivity index (χ3v) is 1.52. The van der Waals surface area contributed by atoms with Gasteiger partial charge >= 0.3 is 0 Å². The molecule has 0 radical (unpaired) electrons. The summed E-state index contributed by atoms with van der Waals surface area (Å²) in [5.41, 5.74) is 0. The van der Waals surface area contributed by atoms with E-state index in [-0.39, 0.29) is 0 Å². The van der Waals surface area contributed by atoms with Crippen molar-refractivity contribution >= 4 is 0 Å². The molecule has 4 atom stereocenters. The topological polar surface area (TPSA) is 90.2 Å². The van der Waals surface area contributed by atoms with Crippen molar-refractivity contribution in [2.45, 2.75) is 24.6 Å². The first-order chi connectivity index (χ1) is 4.66. The average molecular weight is 150 g/mol. The summed E-state index contributed by atoms with van der Waals surface area (Å²) in [6.45, 7) is -0.407. The Kier molecular flexibility index (Phi) is 2.22. The number of aliphatic hydroxyl groups excluding tert-OH is 4. The molecule has 0 aromatic rings. The minimum atomic E-state index is -1.38. The summed E-state index contributed by atoms with van der Waals surface area (Å²) >= 11 is 0. The van der Waals surface area contributed by atoms with Crippen LogP contribution in [0, 0.1) is 0 Å². The Morgan fingerprint density at radius 1 is 1.10 bits per heavy atom. The Balaban J connectivity index is 2.53. The van der Waals surface area contributed by atoms with E-state index in [1.807, 2.05) is 0 Å². The Labute approximate surface area is 57.5 Å². The molecule has 1 fully saturated rings. The molecule has 1 aliphatic rings. The van der Waals surface area contributed by atoms with Crippen molar-refractivity contribution in [3.05, 3.63) is 0 Å². The van der Waals surface area contributed by atoms with Crippen LogP contribution in [0.15, 0.2) is 0 Å². The summed E-state index contributed by atoms with van der Waals surface area (Å²) in [4.78, 5) is 0. The molecule has 2 unspecified atom stereocenters. The molecule has 60 valence electrons. The fraction of sp³-hybridized carbons (Fsp3) is 1.00. The normalized spacial score (nSPS) is 48.0. The molecule has 5 nitrogen and oxygen atoms in total. The molecule has 1 saturated heterocycles. The maximum absolute atomic E-state index is 8.93. The third-order valence-electron chi connectivity index (χ3n) is 1.52. The van der Waals surface area contributed by atoms with Gasteiger partial charge < -0.3 is 25.2 Å².